The number of piperazine rings is 1. The van der Waals surface area contributed by atoms with E-state index < -0.39 is 23.4 Å². The summed E-state index contributed by atoms with van der Waals surface area (Å²) in [6, 6.07) is 1.45. The second kappa shape index (κ2) is 6.06. The Balaban J connectivity index is 0.00000162. The maximum absolute atomic E-state index is 13.0. The van der Waals surface area contributed by atoms with Gasteiger partial charge in [-0.25, -0.2) is 13.2 Å². The van der Waals surface area contributed by atoms with Crippen molar-refractivity contribution in [3.05, 3.63) is 35.1 Å². The fourth-order valence-electron chi connectivity index (χ4n) is 1.73. The van der Waals surface area contributed by atoms with Gasteiger partial charge in [0.2, 0.25) is 0 Å². The van der Waals surface area contributed by atoms with Crippen LogP contribution >= 0.6 is 12.4 Å². The Labute approximate surface area is 108 Å². The largest absolute Gasteiger partial charge is 0.336 e. The number of hydrogen-bond acceptors (Lipinski definition) is 2. The molecule has 1 fully saturated rings. The van der Waals surface area contributed by atoms with Gasteiger partial charge in [0.25, 0.3) is 5.91 Å². The minimum Gasteiger partial charge on any atom is -0.336 e. The van der Waals surface area contributed by atoms with Crippen LogP contribution in [0.2, 0.25) is 0 Å². The second-order valence-electron chi connectivity index (χ2n) is 3.80. The lowest BCUT2D eigenvalue weighted by atomic mass is 10.1. The molecule has 0 aliphatic carbocycles. The Morgan fingerprint density at radius 1 is 1.11 bits per heavy atom. The highest BCUT2D eigenvalue weighted by Crippen LogP contribution is 2.15. The van der Waals surface area contributed by atoms with Gasteiger partial charge in [0.05, 0.1) is 0 Å². The third-order valence-electron chi connectivity index (χ3n) is 2.63. The maximum atomic E-state index is 13.0. The molecule has 1 saturated heterocycles. The summed E-state index contributed by atoms with van der Waals surface area (Å²) in [5.41, 5.74) is -0.164. The summed E-state index contributed by atoms with van der Waals surface area (Å²) in [6.07, 6.45) is 0. The van der Waals surface area contributed by atoms with Crippen LogP contribution in [0.15, 0.2) is 12.1 Å². The second-order valence-corrected chi connectivity index (χ2v) is 3.80. The lowest BCUT2D eigenvalue weighted by Gasteiger charge is -2.27. The molecule has 1 aliphatic heterocycles. The van der Waals surface area contributed by atoms with Crippen LogP contribution in [0, 0.1) is 17.5 Å². The Bertz CT molecular complexity index is 427. The Morgan fingerprint density at radius 2 is 1.61 bits per heavy atom. The Kier molecular flexibility index (Phi) is 4.98. The first-order valence-corrected chi connectivity index (χ1v) is 5.24. The molecule has 2 rings (SSSR count). The van der Waals surface area contributed by atoms with E-state index in [1.54, 1.807) is 0 Å². The van der Waals surface area contributed by atoms with Crippen LogP contribution in [0.1, 0.15) is 10.4 Å². The summed E-state index contributed by atoms with van der Waals surface area (Å²) in [6.45, 7) is 2.22. The minimum absolute atomic E-state index is 0. The van der Waals surface area contributed by atoms with Gasteiger partial charge >= 0.3 is 0 Å². The molecule has 0 unspecified atom stereocenters. The fraction of sp³-hybridized carbons (Fsp3) is 0.364. The Morgan fingerprint density at radius 3 is 2.11 bits per heavy atom. The van der Waals surface area contributed by atoms with Crippen LogP contribution in [0.3, 0.4) is 0 Å². The molecule has 1 aromatic rings. The molecule has 18 heavy (non-hydrogen) atoms. The molecule has 0 saturated carbocycles. The van der Waals surface area contributed by atoms with Gasteiger partial charge < -0.3 is 10.2 Å². The molecular formula is C11H12ClF3N2O. The molecule has 0 radical (unpaired) electrons. The summed E-state index contributed by atoms with van der Waals surface area (Å²) in [7, 11) is 0. The van der Waals surface area contributed by atoms with Gasteiger partial charge in [0.15, 0.2) is 17.5 Å². The zero-order chi connectivity index (χ0) is 12.4. The molecule has 3 nitrogen and oxygen atoms in total. The number of halogens is 4. The van der Waals surface area contributed by atoms with Gasteiger partial charge in [0, 0.05) is 31.7 Å². The average molecular weight is 281 g/mol. The SMILES string of the molecule is Cl.O=C(c1cc(F)c(F)c(F)c1)N1CCNCC1. The van der Waals surface area contributed by atoms with Crippen molar-refractivity contribution in [2.45, 2.75) is 0 Å². The number of carbonyl (C=O) groups is 1. The van der Waals surface area contributed by atoms with E-state index in [1.165, 1.54) is 4.90 Å². The molecular weight excluding hydrogens is 269 g/mol. The van der Waals surface area contributed by atoms with Gasteiger partial charge in [-0.2, -0.15) is 0 Å². The van der Waals surface area contributed by atoms with Crippen molar-refractivity contribution in [2.75, 3.05) is 26.2 Å². The van der Waals surface area contributed by atoms with Crippen LogP contribution in [0.25, 0.3) is 0 Å². The van der Waals surface area contributed by atoms with Crippen LogP contribution in [0.5, 0.6) is 0 Å². The molecule has 1 heterocycles. The topological polar surface area (TPSA) is 32.3 Å². The van der Waals surface area contributed by atoms with Crippen LogP contribution in [0.4, 0.5) is 13.2 Å². The molecule has 1 amide bonds. The first-order chi connectivity index (χ1) is 8.09. The maximum Gasteiger partial charge on any atom is 0.254 e. The lowest BCUT2D eigenvalue weighted by molar-refractivity contribution is 0.0734. The number of benzene rings is 1. The number of carbonyl (C=O) groups excluding carboxylic acids is 1. The standard InChI is InChI=1S/C11H11F3N2O.ClH/c12-8-5-7(6-9(13)10(8)14)11(17)16-3-1-15-2-4-16;/h5-6,15H,1-4H2;1H. The van der Waals surface area contributed by atoms with Gasteiger partial charge in [-0.15, -0.1) is 12.4 Å². The van der Waals surface area contributed by atoms with Crippen LogP contribution in [-0.4, -0.2) is 37.0 Å². The van der Waals surface area contributed by atoms with Gasteiger partial charge in [-0.05, 0) is 12.1 Å². The summed E-state index contributed by atoms with van der Waals surface area (Å²) >= 11 is 0. The summed E-state index contributed by atoms with van der Waals surface area (Å²) < 4.78 is 38.7. The third-order valence-corrected chi connectivity index (χ3v) is 2.63. The van der Waals surface area contributed by atoms with Crippen LogP contribution < -0.4 is 5.32 Å². The molecule has 7 heteroatoms. The van der Waals surface area contributed by atoms with Crippen molar-refractivity contribution >= 4 is 18.3 Å². The zero-order valence-electron chi connectivity index (χ0n) is 9.38. The third kappa shape index (κ3) is 2.94. The van der Waals surface area contributed by atoms with Gasteiger partial charge in [-0.3, -0.25) is 4.79 Å². The first-order valence-electron chi connectivity index (χ1n) is 5.24. The number of nitrogens with one attached hydrogen (secondary N) is 1. The van der Waals surface area contributed by atoms with Gasteiger partial charge in [0.1, 0.15) is 0 Å². The monoisotopic (exact) mass is 280 g/mol. The van der Waals surface area contributed by atoms with Crippen molar-refractivity contribution in [1.82, 2.24) is 10.2 Å². The molecule has 0 aromatic heterocycles. The zero-order valence-corrected chi connectivity index (χ0v) is 10.2. The first kappa shape index (κ1) is 14.8. The lowest BCUT2D eigenvalue weighted by Crippen LogP contribution is -2.46. The normalized spacial score (nSPS) is 15.2. The minimum atomic E-state index is -1.55. The number of nitrogens with zero attached hydrogens (tertiary/aromatic N) is 1. The fourth-order valence-corrected chi connectivity index (χ4v) is 1.73. The predicted molar refractivity (Wildman–Crippen MR) is 62.3 cm³/mol. The molecule has 1 aliphatic rings. The number of amides is 1. The molecule has 1 N–H and O–H groups in total. The van der Waals surface area contributed by atoms with Crippen molar-refractivity contribution in [3.63, 3.8) is 0 Å². The van der Waals surface area contributed by atoms with Crippen molar-refractivity contribution < 1.29 is 18.0 Å². The predicted octanol–water partition coefficient (Wildman–Crippen LogP) is 1.57. The van der Waals surface area contributed by atoms with Crippen molar-refractivity contribution in [1.29, 1.82) is 0 Å². The summed E-state index contributed by atoms with van der Waals surface area (Å²) in [4.78, 5) is 13.3. The molecule has 0 atom stereocenters. The van der Waals surface area contributed by atoms with E-state index in [0.29, 0.717) is 26.2 Å². The summed E-state index contributed by atoms with van der Waals surface area (Å²) in [5, 5.41) is 3.05. The summed E-state index contributed by atoms with van der Waals surface area (Å²) in [5.74, 6) is -4.72. The quantitative estimate of drug-likeness (QED) is 0.792. The molecule has 0 bridgehead atoms. The highest BCUT2D eigenvalue weighted by Gasteiger charge is 2.21. The van der Waals surface area contributed by atoms with E-state index in [0.717, 1.165) is 12.1 Å². The van der Waals surface area contributed by atoms with E-state index in [9.17, 15) is 18.0 Å². The average Bonchev–Trinajstić information content (AvgIpc) is 2.35. The van der Waals surface area contributed by atoms with E-state index in [-0.39, 0.29) is 18.0 Å². The van der Waals surface area contributed by atoms with E-state index >= 15 is 0 Å². The number of rotatable bonds is 1. The molecule has 100 valence electrons. The number of hydrogen-bond donors (Lipinski definition) is 1. The van der Waals surface area contributed by atoms with Gasteiger partial charge in [-0.1, -0.05) is 0 Å². The van der Waals surface area contributed by atoms with Crippen LogP contribution in [-0.2, 0) is 0 Å². The highest BCUT2D eigenvalue weighted by molar-refractivity contribution is 5.94. The van der Waals surface area contributed by atoms with E-state index in [1.807, 2.05) is 0 Å². The smallest absolute Gasteiger partial charge is 0.254 e. The van der Waals surface area contributed by atoms with Crippen molar-refractivity contribution in [2.24, 2.45) is 0 Å². The highest BCUT2D eigenvalue weighted by atomic mass is 35.5. The van der Waals surface area contributed by atoms with E-state index in [4.69, 9.17) is 0 Å². The Hall–Kier alpha value is -1.27. The van der Waals surface area contributed by atoms with Crippen molar-refractivity contribution in [3.8, 4) is 0 Å². The van der Waals surface area contributed by atoms with E-state index in [2.05, 4.69) is 5.32 Å². The molecule has 0 spiro atoms. The molecule has 1 aromatic carbocycles.